The van der Waals surface area contributed by atoms with Gasteiger partial charge in [0.25, 0.3) is 0 Å². The van der Waals surface area contributed by atoms with E-state index in [1.165, 1.54) is 9.13 Å². The summed E-state index contributed by atoms with van der Waals surface area (Å²) < 4.78 is 8.41. The first kappa shape index (κ1) is 18.2. The summed E-state index contributed by atoms with van der Waals surface area (Å²) in [5.74, 6) is -0.107. The number of nitrogens with zero attached hydrogens (tertiary/aromatic N) is 4. The Bertz CT molecular complexity index is 736. The van der Waals surface area contributed by atoms with Gasteiger partial charge in [-0.3, -0.25) is 4.57 Å². The summed E-state index contributed by atoms with van der Waals surface area (Å²) in [5, 5.41) is 12.6. The van der Waals surface area contributed by atoms with Crippen LogP contribution >= 0.6 is 11.6 Å². The lowest BCUT2D eigenvalue weighted by atomic mass is 10.1. The predicted molar refractivity (Wildman–Crippen MR) is 93.1 cm³/mol. The van der Waals surface area contributed by atoms with Crippen molar-refractivity contribution in [3.05, 3.63) is 15.8 Å². The van der Waals surface area contributed by atoms with Crippen molar-refractivity contribution in [1.82, 2.24) is 19.1 Å². The van der Waals surface area contributed by atoms with E-state index in [0.29, 0.717) is 18.9 Å². The molecule has 0 spiro atoms. The van der Waals surface area contributed by atoms with Crippen LogP contribution in [0.25, 0.3) is 11.5 Å². The molecule has 0 aliphatic carbocycles. The van der Waals surface area contributed by atoms with Gasteiger partial charge in [-0.1, -0.05) is 19.8 Å². The summed E-state index contributed by atoms with van der Waals surface area (Å²) in [6.07, 6.45) is 6.88. The molecular weight excluding hydrogens is 344 g/mol. The Morgan fingerprint density at radius 3 is 2.76 bits per heavy atom. The fraction of sp³-hybridized carbons (Fsp3) is 0.706. The molecule has 0 radical (unpaired) electrons. The molecule has 25 heavy (non-hydrogen) atoms. The van der Waals surface area contributed by atoms with Crippen molar-refractivity contribution in [1.29, 1.82) is 0 Å². The highest BCUT2D eigenvalue weighted by atomic mass is 35.5. The Labute approximate surface area is 152 Å². The summed E-state index contributed by atoms with van der Waals surface area (Å²) in [4.78, 5) is 20.9. The van der Waals surface area contributed by atoms with E-state index >= 15 is 0 Å². The van der Waals surface area contributed by atoms with E-state index in [0.717, 1.165) is 51.6 Å². The molecule has 3 aliphatic heterocycles. The summed E-state index contributed by atoms with van der Waals surface area (Å²) in [6, 6.07) is 0. The molecule has 1 fully saturated rings. The highest BCUT2D eigenvalue weighted by Crippen LogP contribution is 2.27. The molecule has 138 valence electrons. The van der Waals surface area contributed by atoms with Gasteiger partial charge in [0, 0.05) is 19.7 Å². The van der Waals surface area contributed by atoms with Gasteiger partial charge in [0.1, 0.15) is 5.69 Å². The second-order valence-electron chi connectivity index (χ2n) is 6.54. The van der Waals surface area contributed by atoms with Crippen LogP contribution in [-0.4, -0.2) is 31.8 Å². The minimum atomic E-state index is -0.404. The lowest BCUT2D eigenvalue weighted by Gasteiger charge is -2.23. The standard InChI is InChI=1S/C17H25ClN4O3/c1-2-3-4-9-21-14-13(19-16(18)20-14)15(23)22(17(21)24)10-5-7-12-8-6-11-25-12/h12,23H,2-11H2,1H3/p-1. The van der Waals surface area contributed by atoms with Crippen molar-refractivity contribution in [3.8, 4) is 17.4 Å². The fourth-order valence-corrected chi connectivity index (χ4v) is 3.52. The quantitative estimate of drug-likeness (QED) is 0.528. The molecule has 3 heterocycles. The van der Waals surface area contributed by atoms with Gasteiger partial charge in [0.2, 0.25) is 5.28 Å². The molecule has 0 N–H and O–H groups in total. The van der Waals surface area contributed by atoms with Gasteiger partial charge >= 0.3 is 5.69 Å². The van der Waals surface area contributed by atoms with Crippen LogP contribution in [0.5, 0.6) is 5.88 Å². The Morgan fingerprint density at radius 1 is 1.24 bits per heavy atom. The van der Waals surface area contributed by atoms with E-state index < -0.39 is 5.88 Å². The van der Waals surface area contributed by atoms with Gasteiger partial charge < -0.3 is 14.4 Å². The average molecular weight is 368 g/mol. The molecule has 3 rings (SSSR count). The number of aromatic nitrogens is 4. The van der Waals surface area contributed by atoms with E-state index in [2.05, 4.69) is 16.9 Å². The number of halogens is 1. The molecule has 1 unspecified atom stereocenters. The van der Waals surface area contributed by atoms with E-state index in [-0.39, 0.29) is 22.8 Å². The zero-order valence-electron chi connectivity index (χ0n) is 14.5. The van der Waals surface area contributed by atoms with Crippen LogP contribution in [0.4, 0.5) is 0 Å². The number of ether oxygens (including phenoxy) is 1. The van der Waals surface area contributed by atoms with Crippen LogP contribution in [0, 0.1) is 0 Å². The Kier molecular flexibility index (Phi) is 5.96. The minimum absolute atomic E-state index is 0.00727. The summed E-state index contributed by atoms with van der Waals surface area (Å²) >= 11 is 5.88. The van der Waals surface area contributed by atoms with Crippen molar-refractivity contribution in [3.63, 3.8) is 0 Å². The van der Waals surface area contributed by atoms with Gasteiger partial charge in [-0.05, 0) is 49.6 Å². The zero-order chi connectivity index (χ0) is 17.8. The molecule has 1 atom stereocenters. The predicted octanol–water partition coefficient (Wildman–Crippen LogP) is 2.42. The molecule has 0 aromatic rings. The highest BCUT2D eigenvalue weighted by molar-refractivity contribution is 6.28. The molecule has 0 aromatic heterocycles. The van der Waals surface area contributed by atoms with Crippen LogP contribution in [0.1, 0.15) is 51.9 Å². The molecule has 0 bridgehead atoms. The third-order valence-electron chi connectivity index (χ3n) is 4.70. The monoisotopic (exact) mass is 367 g/mol. The van der Waals surface area contributed by atoms with Crippen molar-refractivity contribution in [2.75, 3.05) is 6.61 Å². The first-order valence-electron chi connectivity index (χ1n) is 9.07. The second-order valence-corrected chi connectivity index (χ2v) is 6.88. The summed E-state index contributed by atoms with van der Waals surface area (Å²) in [7, 11) is 0. The smallest absolute Gasteiger partial charge is 0.329 e. The minimum Gasteiger partial charge on any atom is -0.858 e. The largest absolute Gasteiger partial charge is 0.858 e. The Hall–Kier alpha value is -1.60. The van der Waals surface area contributed by atoms with Gasteiger partial charge in [0.15, 0.2) is 5.82 Å². The molecule has 3 aliphatic rings. The molecular formula is C17H24ClN4O3-. The lowest BCUT2D eigenvalue weighted by molar-refractivity contribution is -0.279. The lowest BCUT2D eigenvalue weighted by Crippen LogP contribution is -2.35. The second kappa shape index (κ2) is 8.19. The molecule has 8 heteroatoms. The first-order valence-corrected chi connectivity index (χ1v) is 9.44. The topological polar surface area (TPSA) is 85.0 Å². The van der Waals surface area contributed by atoms with Crippen molar-refractivity contribution < 1.29 is 9.84 Å². The number of imidazole rings is 1. The van der Waals surface area contributed by atoms with E-state index in [4.69, 9.17) is 16.3 Å². The molecule has 0 amide bonds. The van der Waals surface area contributed by atoms with Crippen LogP contribution in [-0.2, 0) is 17.8 Å². The van der Waals surface area contributed by atoms with E-state index in [9.17, 15) is 9.90 Å². The maximum Gasteiger partial charge on any atom is 0.329 e. The fourth-order valence-electron chi connectivity index (χ4n) is 3.36. The SMILES string of the molecule is CCCCCn1c2nc(Cl)nc-2c([O-])n(CCCC2CCCO2)c1=O. The number of hydrogen-bond donors (Lipinski definition) is 0. The van der Waals surface area contributed by atoms with Gasteiger partial charge in [-0.2, -0.15) is 4.98 Å². The van der Waals surface area contributed by atoms with Gasteiger partial charge in [-0.25, -0.2) is 9.78 Å². The average Bonchev–Trinajstić information content (AvgIpc) is 3.23. The maximum absolute atomic E-state index is 12.8. The zero-order valence-corrected chi connectivity index (χ0v) is 15.3. The van der Waals surface area contributed by atoms with Crippen LogP contribution < -0.4 is 10.8 Å². The van der Waals surface area contributed by atoms with Crippen LogP contribution in [0.3, 0.4) is 0 Å². The number of hydrogen-bond acceptors (Lipinski definition) is 5. The number of fused-ring (bicyclic) bond motifs is 1. The van der Waals surface area contributed by atoms with Crippen LogP contribution in [0.2, 0.25) is 5.28 Å². The highest BCUT2D eigenvalue weighted by Gasteiger charge is 2.21. The number of rotatable bonds is 8. The molecule has 0 aromatic carbocycles. The third-order valence-corrected chi connectivity index (χ3v) is 4.87. The normalized spacial score (nSPS) is 17.6. The Morgan fingerprint density at radius 2 is 2.04 bits per heavy atom. The van der Waals surface area contributed by atoms with Crippen LogP contribution in [0.15, 0.2) is 4.79 Å². The summed E-state index contributed by atoms with van der Waals surface area (Å²) in [6.45, 7) is 3.79. The van der Waals surface area contributed by atoms with Gasteiger partial charge in [-0.15, -0.1) is 0 Å². The van der Waals surface area contributed by atoms with Crippen molar-refractivity contribution in [2.45, 2.75) is 71.1 Å². The first-order chi connectivity index (χ1) is 12.1. The van der Waals surface area contributed by atoms with Crippen molar-refractivity contribution in [2.24, 2.45) is 0 Å². The van der Waals surface area contributed by atoms with E-state index in [1.54, 1.807) is 0 Å². The molecule has 0 saturated carbocycles. The van der Waals surface area contributed by atoms with E-state index in [1.807, 2.05) is 0 Å². The third kappa shape index (κ3) is 3.98. The van der Waals surface area contributed by atoms with Crippen molar-refractivity contribution >= 4 is 11.6 Å². The molecule has 1 saturated heterocycles. The summed E-state index contributed by atoms with van der Waals surface area (Å²) in [5.41, 5.74) is -0.143. The maximum atomic E-state index is 12.8. The number of unbranched alkanes of at least 4 members (excludes halogenated alkanes) is 2. The molecule has 7 nitrogen and oxygen atoms in total. The Balaban J connectivity index is 1.85. The van der Waals surface area contributed by atoms with Gasteiger partial charge in [0.05, 0.1) is 6.10 Å².